The van der Waals surface area contributed by atoms with Crippen LogP contribution in [0.3, 0.4) is 0 Å². The summed E-state index contributed by atoms with van der Waals surface area (Å²) >= 11 is 11.9. The number of hydrogen-bond acceptors (Lipinski definition) is 8. The van der Waals surface area contributed by atoms with E-state index in [1.807, 2.05) is 18.4 Å². The molecule has 5 rings (SSSR count). The summed E-state index contributed by atoms with van der Waals surface area (Å²) in [4.78, 5) is 16.1. The Morgan fingerprint density at radius 3 is 1.10 bits per heavy atom. The Bertz CT molecular complexity index is 2010. The summed E-state index contributed by atoms with van der Waals surface area (Å²) in [5, 5.41) is 0.993. The van der Waals surface area contributed by atoms with Crippen LogP contribution in [0.1, 0.15) is 218 Å². The Morgan fingerprint density at radius 1 is 0.441 bits per heavy atom. The van der Waals surface area contributed by atoms with Crippen molar-refractivity contribution in [3.63, 3.8) is 0 Å². The van der Waals surface area contributed by atoms with Crippen LogP contribution >= 0.6 is 69.7 Å². The van der Waals surface area contributed by atoms with Gasteiger partial charge in [-0.25, -0.2) is 0 Å². The van der Waals surface area contributed by atoms with Crippen molar-refractivity contribution in [2.45, 2.75) is 186 Å². The molecule has 380 valence electrons. The Kier molecular flexibility index (Phi) is 25.2. The molecule has 0 saturated heterocycles. The molecular formula is C60H92O2S6. The maximum Gasteiger partial charge on any atom is 0.174 e. The Hall–Kier alpha value is -1.03. The van der Waals surface area contributed by atoms with Crippen LogP contribution in [0.15, 0.2) is 32.7 Å². The molecule has 4 atom stereocenters. The van der Waals surface area contributed by atoms with Gasteiger partial charge in [-0.1, -0.05) is 171 Å². The van der Waals surface area contributed by atoms with Gasteiger partial charge >= 0.3 is 0 Å². The van der Waals surface area contributed by atoms with Gasteiger partial charge < -0.3 is 4.74 Å². The monoisotopic (exact) mass is 1040 g/mol. The van der Waals surface area contributed by atoms with E-state index in [9.17, 15) is 4.79 Å². The number of carbonyl (C=O) groups is 1. The van der Waals surface area contributed by atoms with E-state index in [1.54, 1.807) is 11.3 Å². The van der Waals surface area contributed by atoms with Crippen molar-refractivity contribution in [1.82, 2.24) is 0 Å². The maximum atomic E-state index is 12.6. The van der Waals surface area contributed by atoms with Gasteiger partial charge in [0.05, 0.1) is 12.0 Å². The molecular weight excluding hydrogens is 945 g/mol. The lowest BCUT2D eigenvalue weighted by atomic mass is 9.98. The smallest absolute Gasteiger partial charge is 0.174 e. The summed E-state index contributed by atoms with van der Waals surface area (Å²) < 4.78 is 8.98. The van der Waals surface area contributed by atoms with Crippen molar-refractivity contribution >= 4 is 87.2 Å². The van der Waals surface area contributed by atoms with Gasteiger partial charge in [-0.3, -0.25) is 4.79 Å². The summed E-state index contributed by atoms with van der Waals surface area (Å²) in [6.07, 6.45) is 21.9. The molecule has 0 fully saturated rings. The molecule has 0 bridgehead atoms. The highest BCUT2D eigenvalue weighted by Crippen LogP contribution is 2.60. The Balaban J connectivity index is 1.56. The Morgan fingerprint density at radius 2 is 0.779 bits per heavy atom. The zero-order valence-corrected chi connectivity index (χ0v) is 49.8. The van der Waals surface area contributed by atoms with Crippen LogP contribution in [-0.4, -0.2) is 36.4 Å². The fourth-order valence-corrected chi connectivity index (χ4v) is 17.7. The molecule has 2 aromatic heterocycles. The number of ether oxygens (including phenoxy) is 1. The lowest BCUT2D eigenvalue weighted by molar-refractivity contribution is 0.112. The zero-order valence-electron chi connectivity index (χ0n) is 44.9. The van der Waals surface area contributed by atoms with E-state index in [0.29, 0.717) is 0 Å². The van der Waals surface area contributed by atoms with Crippen LogP contribution in [0.2, 0.25) is 0 Å². The maximum absolute atomic E-state index is 12.6. The largest absolute Gasteiger partial charge is 0.487 e. The van der Waals surface area contributed by atoms with Crippen molar-refractivity contribution in [2.75, 3.05) is 30.1 Å². The van der Waals surface area contributed by atoms with Crippen LogP contribution in [0.5, 0.6) is 5.06 Å². The number of carbonyl (C=O) groups excluding carboxylic acids is 1. The summed E-state index contributed by atoms with van der Waals surface area (Å²) in [6.45, 7) is 28.7. The topological polar surface area (TPSA) is 26.3 Å². The highest BCUT2D eigenvalue weighted by atomic mass is 32.2. The van der Waals surface area contributed by atoms with Gasteiger partial charge in [0.2, 0.25) is 0 Å². The third-order valence-corrected chi connectivity index (χ3v) is 21.5. The molecule has 0 spiro atoms. The lowest BCUT2D eigenvalue weighted by Crippen LogP contribution is -2.00. The minimum atomic E-state index is 0.722. The zero-order chi connectivity index (χ0) is 49.3. The number of rotatable bonds is 34. The van der Waals surface area contributed by atoms with Crippen molar-refractivity contribution in [3.8, 4) is 25.9 Å². The molecule has 0 saturated carbocycles. The normalized spacial score (nSPS) is 14.8. The SMILES string of the molecule is COc1cc2c(s1)-c1cc3c(cc1C2=C(SCCC(C)CCCC(C)C)SCCC(C)CCCC(C)C)-c1sc(C=O)cc1C3=C(SCCC(C)CCCC(C)C)SCCC(C)CCCC(C)C. The van der Waals surface area contributed by atoms with Gasteiger partial charge in [0.25, 0.3) is 0 Å². The van der Waals surface area contributed by atoms with E-state index >= 15 is 0 Å². The van der Waals surface area contributed by atoms with Gasteiger partial charge in [-0.05, 0) is 125 Å². The molecule has 2 aliphatic rings. The molecule has 1 aromatic carbocycles. The van der Waals surface area contributed by atoms with E-state index in [0.717, 1.165) is 86.6 Å². The number of thioether (sulfide) groups is 4. The number of benzene rings is 1. The first-order valence-corrected chi connectivity index (χ1v) is 32.6. The molecule has 4 unspecified atom stereocenters. The first-order chi connectivity index (χ1) is 32.6. The highest BCUT2D eigenvalue weighted by molar-refractivity contribution is 8.23. The fraction of sp³-hybridized carbons (Fsp3) is 0.683. The minimum Gasteiger partial charge on any atom is -0.487 e. The van der Waals surface area contributed by atoms with Crippen molar-refractivity contribution in [3.05, 3.63) is 59.9 Å². The second-order valence-electron chi connectivity index (χ2n) is 22.6. The molecule has 0 radical (unpaired) electrons. The molecule has 2 nitrogen and oxygen atoms in total. The van der Waals surface area contributed by atoms with Crippen LogP contribution < -0.4 is 4.74 Å². The predicted molar refractivity (Wildman–Crippen MR) is 317 cm³/mol. The summed E-state index contributed by atoms with van der Waals surface area (Å²) in [6, 6.07) is 9.68. The quantitative estimate of drug-likeness (QED) is 0.0381. The van der Waals surface area contributed by atoms with E-state index in [2.05, 4.69) is 154 Å². The molecule has 0 amide bonds. The lowest BCUT2D eigenvalue weighted by Gasteiger charge is -2.18. The molecule has 0 N–H and O–H groups in total. The van der Waals surface area contributed by atoms with E-state index in [-0.39, 0.29) is 0 Å². The summed E-state index contributed by atoms with van der Waals surface area (Å²) in [5.74, 6) is 10.6. The van der Waals surface area contributed by atoms with E-state index < -0.39 is 0 Å². The van der Waals surface area contributed by atoms with Crippen molar-refractivity contribution in [2.24, 2.45) is 47.3 Å². The van der Waals surface area contributed by atoms with Gasteiger partial charge in [-0.15, -0.1) is 58.4 Å². The first-order valence-electron chi connectivity index (χ1n) is 27.1. The average molecular weight is 1040 g/mol. The standard InChI is InChI=1S/C60H92O2S6/c1-39(2)18-14-22-43(9)26-30-63-59(64-31-27-44(10)23-15-19-40(3)4)55-48-36-51-49(35-50(48)57-52(55)34-47(38-61)67-57)56(53-37-54(62-13)68-58(51)53)60(65-32-28-45(11)24-16-20-41(5)6)66-33-29-46(12)25-17-21-42(7)8/h34-46H,14-33H2,1-13H3. The van der Waals surface area contributed by atoms with Crippen LogP contribution in [-0.2, 0) is 0 Å². The number of fused-ring (bicyclic) bond motifs is 6. The summed E-state index contributed by atoms with van der Waals surface area (Å²) in [5.41, 5.74) is 10.8. The number of thiophene rings is 2. The molecule has 0 aliphatic heterocycles. The van der Waals surface area contributed by atoms with E-state index in [1.165, 1.54) is 165 Å². The minimum absolute atomic E-state index is 0.722. The first kappa shape index (κ1) is 57.9. The molecule has 2 heterocycles. The van der Waals surface area contributed by atoms with Gasteiger partial charge in [0, 0.05) is 57.7 Å². The van der Waals surface area contributed by atoms with Gasteiger partial charge in [0.1, 0.15) is 0 Å². The second-order valence-corrected chi connectivity index (χ2v) is 29.6. The molecule has 68 heavy (non-hydrogen) atoms. The third-order valence-electron chi connectivity index (χ3n) is 14.2. The number of methoxy groups -OCH3 is 1. The average Bonchev–Trinajstić information content (AvgIpc) is 4.03. The third kappa shape index (κ3) is 17.6. The molecule has 8 heteroatoms. The highest BCUT2D eigenvalue weighted by Gasteiger charge is 2.36. The van der Waals surface area contributed by atoms with Crippen molar-refractivity contribution < 1.29 is 9.53 Å². The molecule has 3 aromatic rings. The fourth-order valence-electron chi connectivity index (χ4n) is 9.69. The van der Waals surface area contributed by atoms with Gasteiger partial charge in [0.15, 0.2) is 11.3 Å². The molecule has 2 aliphatic carbocycles. The van der Waals surface area contributed by atoms with Crippen molar-refractivity contribution in [1.29, 1.82) is 0 Å². The number of aldehydes is 1. The van der Waals surface area contributed by atoms with E-state index in [4.69, 9.17) is 4.74 Å². The number of hydrogen-bond donors (Lipinski definition) is 0. The summed E-state index contributed by atoms with van der Waals surface area (Å²) in [7, 11) is 1.83. The van der Waals surface area contributed by atoms with Crippen LogP contribution in [0, 0.1) is 47.3 Å². The van der Waals surface area contributed by atoms with Crippen LogP contribution in [0.4, 0.5) is 0 Å². The Labute approximate surface area is 442 Å². The van der Waals surface area contributed by atoms with Crippen LogP contribution in [0.25, 0.3) is 32.0 Å². The van der Waals surface area contributed by atoms with Gasteiger partial charge in [-0.2, -0.15) is 0 Å². The predicted octanol–water partition coefficient (Wildman–Crippen LogP) is 21.4. The second kappa shape index (κ2) is 29.6.